The third kappa shape index (κ3) is 2.35. The molecule has 0 bridgehead atoms. The van der Waals surface area contributed by atoms with Gasteiger partial charge in [0.25, 0.3) is 0 Å². The minimum atomic E-state index is 0.101. The summed E-state index contributed by atoms with van der Waals surface area (Å²) in [4.78, 5) is 4.89. The standard InChI is InChI=1S/C8H11N3OS/c1-2-13-7-3-4-10-5-6(7)8(9)11-12/h3-5,12H,2H2,1H3,(H2,9,11). The van der Waals surface area contributed by atoms with Gasteiger partial charge in [0, 0.05) is 17.3 Å². The molecule has 1 heterocycles. The molecule has 1 aromatic rings. The second-order valence-electron chi connectivity index (χ2n) is 2.29. The lowest BCUT2D eigenvalue weighted by Crippen LogP contribution is -2.14. The lowest BCUT2D eigenvalue weighted by atomic mass is 10.3. The number of nitrogens with zero attached hydrogens (tertiary/aromatic N) is 2. The lowest BCUT2D eigenvalue weighted by molar-refractivity contribution is 0.318. The molecule has 5 heteroatoms. The summed E-state index contributed by atoms with van der Waals surface area (Å²) in [6.45, 7) is 2.04. The molecule has 0 atom stereocenters. The number of rotatable bonds is 3. The van der Waals surface area contributed by atoms with E-state index in [1.807, 2.05) is 13.0 Å². The number of hydrogen-bond acceptors (Lipinski definition) is 4. The van der Waals surface area contributed by atoms with E-state index in [-0.39, 0.29) is 5.84 Å². The Morgan fingerprint density at radius 2 is 2.54 bits per heavy atom. The van der Waals surface area contributed by atoms with E-state index in [9.17, 15) is 0 Å². The first-order chi connectivity index (χ1) is 6.29. The zero-order valence-corrected chi connectivity index (χ0v) is 8.08. The van der Waals surface area contributed by atoms with E-state index >= 15 is 0 Å². The molecular weight excluding hydrogens is 186 g/mol. The number of thioether (sulfide) groups is 1. The van der Waals surface area contributed by atoms with Crippen LogP contribution in [0.4, 0.5) is 0 Å². The van der Waals surface area contributed by atoms with Crippen molar-refractivity contribution < 1.29 is 5.21 Å². The molecule has 0 saturated heterocycles. The van der Waals surface area contributed by atoms with Gasteiger partial charge in [-0.25, -0.2) is 0 Å². The second kappa shape index (κ2) is 4.71. The Morgan fingerprint density at radius 3 is 3.15 bits per heavy atom. The Bertz CT molecular complexity index is 314. The van der Waals surface area contributed by atoms with E-state index in [0.29, 0.717) is 5.56 Å². The summed E-state index contributed by atoms with van der Waals surface area (Å²) in [5.41, 5.74) is 6.15. The van der Waals surface area contributed by atoms with Gasteiger partial charge in [0.15, 0.2) is 5.84 Å². The third-order valence-corrected chi connectivity index (χ3v) is 2.42. The van der Waals surface area contributed by atoms with Crippen molar-refractivity contribution in [2.45, 2.75) is 11.8 Å². The van der Waals surface area contributed by atoms with Gasteiger partial charge in [0.2, 0.25) is 0 Å². The fourth-order valence-electron chi connectivity index (χ4n) is 0.909. The number of oxime groups is 1. The predicted molar refractivity (Wildman–Crippen MR) is 53.1 cm³/mol. The minimum absolute atomic E-state index is 0.101. The van der Waals surface area contributed by atoms with Crippen molar-refractivity contribution in [3.05, 3.63) is 24.0 Å². The average Bonchev–Trinajstić information content (AvgIpc) is 2.18. The van der Waals surface area contributed by atoms with Gasteiger partial charge in [-0.2, -0.15) is 0 Å². The molecule has 4 nitrogen and oxygen atoms in total. The van der Waals surface area contributed by atoms with Crippen LogP contribution in [-0.2, 0) is 0 Å². The van der Waals surface area contributed by atoms with Crippen LogP contribution in [0.3, 0.4) is 0 Å². The van der Waals surface area contributed by atoms with E-state index in [4.69, 9.17) is 10.9 Å². The molecule has 1 aromatic heterocycles. The van der Waals surface area contributed by atoms with Crippen LogP contribution >= 0.6 is 11.8 Å². The Kier molecular flexibility index (Phi) is 3.57. The molecule has 13 heavy (non-hydrogen) atoms. The molecule has 0 spiro atoms. The van der Waals surface area contributed by atoms with Crippen LogP contribution in [-0.4, -0.2) is 21.8 Å². The van der Waals surface area contributed by atoms with Crippen LogP contribution in [0.2, 0.25) is 0 Å². The fourth-order valence-corrected chi connectivity index (χ4v) is 1.69. The van der Waals surface area contributed by atoms with Crippen LogP contribution in [0.25, 0.3) is 0 Å². The Morgan fingerprint density at radius 1 is 1.77 bits per heavy atom. The lowest BCUT2D eigenvalue weighted by Gasteiger charge is -2.04. The van der Waals surface area contributed by atoms with E-state index in [0.717, 1.165) is 10.6 Å². The first kappa shape index (κ1) is 9.85. The van der Waals surface area contributed by atoms with Gasteiger partial charge < -0.3 is 10.9 Å². The number of amidine groups is 1. The molecule has 0 amide bonds. The third-order valence-electron chi connectivity index (χ3n) is 1.46. The first-order valence-electron chi connectivity index (χ1n) is 3.84. The molecule has 0 saturated carbocycles. The molecule has 0 fully saturated rings. The van der Waals surface area contributed by atoms with E-state index in [1.165, 1.54) is 0 Å². The minimum Gasteiger partial charge on any atom is -0.409 e. The zero-order valence-electron chi connectivity index (χ0n) is 7.27. The highest BCUT2D eigenvalue weighted by molar-refractivity contribution is 7.99. The molecule has 0 aliphatic carbocycles. The largest absolute Gasteiger partial charge is 0.409 e. The summed E-state index contributed by atoms with van der Waals surface area (Å²) in [5.74, 6) is 1.04. The fraction of sp³-hybridized carbons (Fsp3) is 0.250. The van der Waals surface area contributed by atoms with E-state index < -0.39 is 0 Å². The number of aromatic nitrogens is 1. The van der Waals surface area contributed by atoms with Gasteiger partial charge in [-0.15, -0.1) is 11.8 Å². The highest BCUT2D eigenvalue weighted by atomic mass is 32.2. The van der Waals surface area contributed by atoms with Crippen LogP contribution in [0.15, 0.2) is 28.5 Å². The quantitative estimate of drug-likeness (QED) is 0.252. The van der Waals surface area contributed by atoms with Crippen molar-refractivity contribution in [3.63, 3.8) is 0 Å². The maximum absolute atomic E-state index is 8.51. The van der Waals surface area contributed by atoms with Crippen LogP contribution in [0.1, 0.15) is 12.5 Å². The van der Waals surface area contributed by atoms with Gasteiger partial charge in [-0.3, -0.25) is 4.98 Å². The zero-order chi connectivity index (χ0) is 9.68. The molecule has 70 valence electrons. The topological polar surface area (TPSA) is 71.5 Å². The van der Waals surface area contributed by atoms with Crippen LogP contribution < -0.4 is 5.73 Å². The molecule has 0 unspecified atom stereocenters. The van der Waals surface area contributed by atoms with Crippen LogP contribution in [0.5, 0.6) is 0 Å². The normalized spacial score (nSPS) is 11.6. The summed E-state index contributed by atoms with van der Waals surface area (Å²) in [6.07, 6.45) is 3.28. The number of nitrogens with two attached hydrogens (primary N) is 1. The monoisotopic (exact) mass is 197 g/mol. The van der Waals surface area contributed by atoms with Gasteiger partial charge in [0.1, 0.15) is 0 Å². The van der Waals surface area contributed by atoms with E-state index in [1.54, 1.807) is 24.2 Å². The summed E-state index contributed by atoms with van der Waals surface area (Å²) in [7, 11) is 0. The predicted octanol–water partition coefficient (Wildman–Crippen LogP) is 1.29. The summed E-state index contributed by atoms with van der Waals surface area (Å²) in [5, 5.41) is 11.4. The van der Waals surface area contributed by atoms with Gasteiger partial charge >= 0.3 is 0 Å². The van der Waals surface area contributed by atoms with E-state index in [2.05, 4.69) is 10.1 Å². The average molecular weight is 197 g/mol. The van der Waals surface area contributed by atoms with Crippen molar-refractivity contribution in [2.75, 3.05) is 5.75 Å². The Hall–Kier alpha value is -1.23. The number of pyridine rings is 1. The van der Waals surface area contributed by atoms with Crippen molar-refractivity contribution in [3.8, 4) is 0 Å². The highest BCUT2D eigenvalue weighted by Gasteiger charge is 2.05. The van der Waals surface area contributed by atoms with Gasteiger partial charge in [-0.05, 0) is 11.8 Å². The van der Waals surface area contributed by atoms with Crippen molar-refractivity contribution in [1.29, 1.82) is 0 Å². The molecule has 0 aromatic carbocycles. The molecule has 3 N–H and O–H groups in total. The Balaban J connectivity index is 3.04. The van der Waals surface area contributed by atoms with Crippen molar-refractivity contribution >= 4 is 17.6 Å². The summed E-state index contributed by atoms with van der Waals surface area (Å²) in [6, 6.07) is 1.85. The maximum atomic E-state index is 8.51. The highest BCUT2D eigenvalue weighted by Crippen LogP contribution is 2.20. The summed E-state index contributed by atoms with van der Waals surface area (Å²) >= 11 is 1.63. The van der Waals surface area contributed by atoms with Crippen LogP contribution in [0, 0.1) is 0 Å². The number of hydrogen-bond donors (Lipinski definition) is 2. The molecule has 0 radical (unpaired) electrons. The molecule has 0 aliphatic heterocycles. The Labute approximate surface area is 80.9 Å². The smallest absolute Gasteiger partial charge is 0.172 e. The molecular formula is C8H11N3OS. The SMILES string of the molecule is CCSc1ccncc1/C(N)=N/O. The van der Waals surface area contributed by atoms with Crippen molar-refractivity contribution in [1.82, 2.24) is 4.98 Å². The van der Waals surface area contributed by atoms with Crippen molar-refractivity contribution in [2.24, 2.45) is 10.9 Å². The second-order valence-corrected chi connectivity index (χ2v) is 3.60. The summed E-state index contributed by atoms with van der Waals surface area (Å²) < 4.78 is 0. The molecule has 0 aliphatic rings. The molecule has 1 rings (SSSR count). The van der Waals surface area contributed by atoms with Gasteiger partial charge in [-0.1, -0.05) is 12.1 Å². The first-order valence-corrected chi connectivity index (χ1v) is 4.82. The maximum Gasteiger partial charge on any atom is 0.172 e. The van der Waals surface area contributed by atoms with Gasteiger partial charge in [0.05, 0.1) is 5.56 Å².